The molecule has 4 aliphatic rings. The number of allylic oxidation sites excluding steroid dienone is 8. The zero-order valence-corrected chi connectivity index (χ0v) is 35.7. The normalized spacial score (nSPS) is 16.5. The molecule has 8 aromatic carbocycles. The van der Waals surface area contributed by atoms with Crippen LogP contribution in [-0.4, -0.2) is 6.54 Å². The molecule has 0 unspecified atom stereocenters. The molecule has 304 valence electrons. The van der Waals surface area contributed by atoms with Crippen LogP contribution in [-0.2, 0) is 5.41 Å². The second kappa shape index (κ2) is 15.4. The minimum Gasteiger partial charge on any atom is -0.341 e. The van der Waals surface area contributed by atoms with Gasteiger partial charge < -0.3 is 9.80 Å². The first kappa shape index (κ1) is 37.8. The van der Waals surface area contributed by atoms with E-state index in [2.05, 4.69) is 247 Å². The van der Waals surface area contributed by atoms with Gasteiger partial charge in [-0.25, -0.2) is 0 Å². The Kier molecular flexibility index (Phi) is 9.12. The summed E-state index contributed by atoms with van der Waals surface area (Å²) in [6, 6.07) is 71.7. The van der Waals surface area contributed by atoms with Gasteiger partial charge in [0.25, 0.3) is 0 Å². The fraction of sp³-hybridized carbons (Fsp3) is 0.0645. The van der Waals surface area contributed by atoms with Gasteiger partial charge in [-0.05, 0) is 140 Å². The zero-order valence-electron chi connectivity index (χ0n) is 35.7. The van der Waals surface area contributed by atoms with Gasteiger partial charge in [0.1, 0.15) is 0 Å². The maximum atomic E-state index is 4.63. The number of para-hydroxylation sites is 1. The van der Waals surface area contributed by atoms with Crippen molar-refractivity contribution < 1.29 is 0 Å². The van der Waals surface area contributed by atoms with E-state index in [1.54, 1.807) is 0 Å². The summed E-state index contributed by atoms with van der Waals surface area (Å²) < 4.78 is 0. The Labute approximate surface area is 376 Å². The molecule has 0 atom stereocenters. The Morgan fingerprint density at radius 2 is 1.00 bits per heavy atom. The van der Waals surface area contributed by atoms with Gasteiger partial charge in [0.15, 0.2) is 0 Å². The Balaban J connectivity index is 0.987. The molecule has 1 aliphatic heterocycles. The molecule has 0 bridgehead atoms. The van der Waals surface area contributed by atoms with Crippen LogP contribution in [0.15, 0.2) is 243 Å². The zero-order chi connectivity index (χ0) is 42.6. The molecule has 0 fully saturated rings. The van der Waals surface area contributed by atoms with Crippen LogP contribution in [0.1, 0.15) is 46.2 Å². The van der Waals surface area contributed by atoms with Gasteiger partial charge >= 0.3 is 0 Å². The molecule has 2 heteroatoms. The lowest BCUT2D eigenvalue weighted by Crippen LogP contribution is -2.26. The van der Waals surface area contributed by atoms with Crippen molar-refractivity contribution in [3.05, 3.63) is 276 Å². The molecule has 3 aliphatic carbocycles. The summed E-state index contributed by atoms with van der Waals surface area (Å²) in [6.45, 7) is 5.41. The molecule has 64 heavy (non-hydrogen) atoms. The monoisotopic (exact) mass is 818 g/mol. The van der Waals surface area contributed by atoms with Gasteiger partial charge in [0.05, 0.1) is 5.41 Å². The number of anilines is 4. The second-order valence-corrected chi connectivity index (χ2v) is 17.2. The number of rotatable bonds is 6. The lowest BCUT2D eigenvalue weighted by molar-refractivity contribution is 0.793. The minimum atomic E-state index is -0.432. The second-order valence-electron chi connectivity index (χ2n) is 17.2. The maximum absolute atomic E-state index is 4.63. The van der Waals surface area contributed by atoms with Gasteiger partial charge in [-0.3, -0.25) is 0 Å². The third-order valence-corrected chi connectivity index (χ3v) is 13.7. The Morgan fingerprint density at radius 3 is 1.62 bits per heavy atom. The van der Waals surface area contributed by atoms with E-state index in [1.807, 2.05) is 0 Å². The first-order chi connectivity index (χ1) is 31.7. The molecule has 0 saturated carbocycles. The summed E-state index contributed by atoms with van der Waals surface area (Å²) in [5.74, 6) is 0. The molecule has 0 saturated heterocycles. The molecular formula is C62H46N2. The van der Waals surface area contributed by atoms with Gasteiger partial charge in [-0.15, -0.1) is 0 Å². The van der Waals surface area contributed by atoms with Crippen molar-refractivity contribution in [2.24, 2.45) is 0 Å². The van der Waals surface area contributed by atoms with Crippen molar-refractivity contribution in [2.75, 3.05) is 16.3 Å². The van der Waals surface area contributed by atoms with E-state index in [0.717, 1.165) is 58.7 Å². The highest BCUT2D eigenvalue weighted by Gasteiger charge is 2.51. The van der Waals surface area contributed by atoms with Crippen LogP contribution in [0.2, 0.25) is 0 Å². The fourth-order valence-corrected chi connectivity index (χ4v) is 10.8. The van der Waals surface area contributed by atoms with Crippen LogP contribution in [0.4, 0.5) is 22.7 Å². The lowest BCUT2D eigenvalue weighted by atomic mass is 9.70. The molecule has 1 heterocycles. The number of benzene rings is 8. The molecule has 0 aromatic heterocycles. The molecule has 0 N–H and O–H groups in total. The largest absolute Gasteiger partial charge is 0.341 e. The van der Waals surface area contributed by atoms with Crippen molar-refractivity contribution >= 4 is 33.9 Å². The van der Waals surface area contributed by atoms with Crippen molar-refractivity contribution in [1.29, 1.82) is 0 Å². The van der Waals surface area contributed by atoms with Crippen molar-refractivity contribution in [3.8, 4) is 33.4 Å². The summed E-state index contributed by atoms with van der Waals surface area (Å²) >= 11 is 0. The van der Waals surface area contributed by atoms with Gasteiger partial charge in [-0.2, -0.15) is 0 Å². The Hall–Kier alpha value is -7.94. The average molecular weight is 819 g/mol. The van der Waals surface area contributed by atoms with Crippen LogP contribution in [0.25, 0.3) is 44.5 Å². The fourth-order valence-electron chi connectivity index (χ4n) is 10.8. The maximum Gasteiger partial charge on any atom is 0.0726 e. The van der Waals surface area contributed by atoms with Crippen LogP contribution >= 0.6 is 0 Å². The first-order valence-electron chi connectivity index (χ1n) is 22.5. The van der Waals surface area contributed by atoms with Crippen molar-refractivity contribution in [1.82, 2.24) is 0 Å². The molecule has 1 spiro atoms. The van der Waals surface area contributed by atoms with E-state index in [0.29, 0.717) is 0 Å². The molecule has 0 amide bonds. The number of nitrogens with zero attached hydrogens (tertiary/aromatic N) is 2. The highest BCUT2D eigenvalue weighted by atomic mass is 15.1. The summed E-state index contributed by atoms with van der Waals surface area (Å²) in [5, 5.41) is 0. The predicted octanol–water partition coefficient (Wildman–Crippen LogP) is 15.9. The molecule has 12 rings (SSSR count). The quantitative estimate of drug-likeness (QED) is 0.165. The smallest absolute Gasteiger partial charge is 0.0726 e. The predicted molar refractivity (Wildman–Crippen MR) is 269 cm³/mol. The van der Waals surface area contributed by atoms with Gasteiger partial charge in [0.2, 0.25) is 0 Å². The number of hydrogen-bond acceptors (Lipinski definition) is 2. The van der Waals surface area contributed by atoms with Crippen LogP contribution in [0.3, 0.4) is 0 Å². The van der Waals surface area contributed by atoms with E-state index in [9.17, 15) is 0 Å². The summed E-state index contributed by atoms with van der Waals surface area (Å²) in [5.41, 5.74) is 22.8. The molecule has 2 nitrogen and oxygen atoms in total. The topological polar surface area (TPSA) is 6.48 Å². The molecule has 0 radical (unpaired) electrons. The SMILES string of the molecule is C=C1/C=C(c2ccc(N(c3ccc(-c4ccccc4)cc3)c3ccc4c(c3)C3(c5ccccc5-c5ccccc53)c3ccccc3-4)cc2)\C=C/CN(C2=CC=CCC2)c2ccccc21. The van der Waals surface area contributed by atoms with Gasteiger partial charge in [0, 0.05) is 40.6 Å². The molecular weight excluding hydrogens is 773 g/mol. The van der Waals surface area contributed by atoms with Gasteiger partial charge in [-0.1, -0.05) is 183 Å². The van der Waals surface area contributed by atoms with E-state index >= 15 is 0 Å². The minimum absolute atomic E-state index is 0.432. The van der Waals surface area contributed by atoms with E-state index < -0.39 is 5.41 Å². The lowest BCUT2D eigenvalue weighted by Gasteiger charge is -2.32. The third-order valence-electron chi connectivity index (χ3n) is 13.7. The highest BCUT2D eigenvalue weighted by molar-refractivity contribution is 5.97. The van der Waals surface area contributed by atoms with E-state index in [1.165, 1.54) is 67.0 Å². The number of hydrogen-bond donors (Lipinski definition) is 0. The Morgan fingerprint density at radius 1 is 0.469 bits per heavy atom. The van der Waals surface area contributed by atoms with Crippen LogP contribution in [0.5, 0.6) is 0 Å². The van der Waals surface area contributed by atoms with E-state index in [4.69, 9.17) is 0 Å². The van der Waals surface area contributed by atoms with Crippen molar-refractivity contribution in [3.63, 3.8) is 0 Å². The third kappa shape index (κ3) is 6.02. The summed E-state index contributed by atoms with van der Waals surface area (Å²) in [4.78, 5) is 4.87. The van der Waals surface area contributed by atoms with Crippen molar-refractivity contribution in [2.45, 2.75) is 18.3 Å². The molecule has 8 aromatic rings. The summed E-state index contributed by atoms with van der Waals surface area (Å²) in [7, 11) is 0. The Bertz CT molecular complexity index is 3190. The standard InChI is InChI=1S/C62H46N2/c1-43-41-47(19-16-40-63(48-20-6-3-7-21-48)61-29-15-11-22-52(43)61)46-32-36-50(37-33-46)64(49-34-30-45(31-35-49)44-17-4-2-5-18-44)51-38-39-56-55-25-10-14-28-59(55)62(60(56)42-51)57-26-12-8-23-53(57)54-24-9-13-27-58(54)62/h2-6,8-20,22-39,41-42H,1,7,21,40H2/b19-16-,47-41+. The highest BCUT2D eigenvalue weighted by Crippen LogP contribution is 2.63. The van der Waals surface area contributed by atoms with Crippen LogP contribution < -0.4 is 9.80 Å². The van der Waals surface area contributed by atoms with Crippen LogP contribution in [0, 0.1) is 0 Å². The van der Waals surface area contributed by atoms with E-state index in [-0.39, 0.29) is 0 Å². The average Bonchev–Trinajstić information content (AvgIpc) is 3.85. The first-order valence-corrected chi connectivity index (χ1v) is 22.5. The number of fused-ring (bicyclic) bond motifs is 11. The summed E-state index contributed by atoms with van der Waals surface area (Å²) in [6.07, 6.45) is 15.6.